The van der Waals surface area contributed by atoms with Crippen LogP contribution in [0.5, 0.6) is 11.5 Å². The number of carbonyl (C=O) groups excluding carboxylic acids is 1. The minimum atomic E-state index is -5.28. The first-order valence-electron chi connectivity index (χ1n) is 17.7. The van der Waals surface area contributed by atoms with E-state index in [2.05, 4.69) is 15.0 Å². The second-order valence-corrected chi connectivity index (χ2v) is 18.7. The maximum absolute atomic E-state index is 16.5. The van der Waals surface area contributed by atoms with Gasteiger partial charge in [-0.15, -0.1) is 0 Å². The highest BCUT2D eigenvalue weighted by Crippen LogP contribution is 2.65. The maximum Gasteiger partial charge on any atom is 0.472 e. The summed E-state index contributed by atoms with van der Waals surface area (Å²) in [5, 5.41) is 0. The number of alkyl halides is 2. The number of halogens is 2. The predicted octanol–water partition coefficient (Wildman–Crippen LogP) is 3.62. The zero-order valence-corrected chi connectivity index (χ0v) is 33.4. The fourth-order valence-corrected chi connectivity index (χ4v) is 10.9. The van der Waals surface area contributed by atoms with E-state index >= 15 is 8.78 Å². The number of hydrogen-bond donors (Lipinski definition) is 3. The van der Waals surface area contributed by atoms with Crippen LogP contribution >= 0.6 is 26.0 Å². The van der Waals surface area contributed by atoms with Gasteiger partial charge in [-0.3, -0.25) is 37.0 Å². The smallest absolute Gasteiger partial charge is 0.472 e. The third-order valence-corrected chi connectivity index (χ3v) is 14.1. The molecule has 6 heterocycles. The zero-order valence-electron chi connectivity index (χ0n) is 30.8. The highest BCUT2D eigenvalue weighted by molar-refractivity contribution is 8.54. The van der Waals surface area contributed by atoms with Crippen LogP contribution < -0.4 is 26.5 Å². The van der Waals surface area contributed by atoms with Gasteiger partial charge in [-0.25, -0.2) is 42.5 Å². The second kappa shape index (κ2) is 16.9. The molecule has 318 valence electrons. The Balaban J connectivity index is 1.10. The molecule has 5 aromatic rings. The van der Waals surface area contributed by atoms with Crippen LogP contribution in [0.3, 0.4) is 0 Å². The number of carbonyl (C=O) groups is 1. The molecule has 0 amide bonds. The second-order valence-electron chi connectivity index (χ2n) is 13.3. The number of phosphoric ester groups is 1. The summed E-state index contributed by atoms with van der Waals surface area (Å²) in [6, 6.07) is 13.5. The number of benzene rings is 2. The average Bonchev–Trinajstić information content (AvgIpc) is 3.89. The lowest BCUT2D eigenvalue weighted by molar-refractivity contribution is -0.0620. The van der Waals surface area contributed by atoms with Gasteiger partial charge in [-0.2, -0.15) is 0 Å². The largest absolute Gasteiger partial charge is 0.496 e. The van der Waals surface area contributed by atoms with E-state index in [0.717, 1.165) is 18.6 Å². The summed E-state index contributed by atoms with van der Waals surface area (Å²) in [5.74, 6) is -0.351. The van der Waals surface area contributed by atoms with Crippen molar-refractivity contribution in [2.45, 2.75) is 55.0 Å². The van der Waals surface area contributed by atoms with Crippen molar-refractivity contribution >= 4 is 49.0 Å². The molecule has 60 heavy (non-hydrogen) atoms. The van der Waals surface area contributed by atoms with Gasteiger partial charge in [0.2, 0.25) is 0 Å². The van der Waals surface area contributed by atoms with Crippen LogP contribution in [0.1, 0.15) is 28.4 Å². The number of phosphoric acid groups is 1. The number of nitrogen functional groups attached to an aromatic ring is 1. The van der Waals surface area contributed by atoms with E-state index in [1.165, 1.54) is 36.2 Å². The molecule has 1 unspecified atom stereocenters. The van der Waals surface area contributed by atoms with Gasteiger partial charge < -0.3 is 29.6 Å². The fraction of sp³-hybridized carbons (Fsp3) is 0.353. The number of H-pyrrole nitrogens is 1. The summed E-state index contributed by atoms with van der Waals surface area (Å²) >= 11 is 0.585. The van der Waals surface area contributed by atoms with Gasteiger partial charge in [-0.05, 0) is 41.2 Å². The number of hydrogen-bond acceptors (Lipinski definition) is 18. The molecule has 3 aliphatic rings. The van der Waals surface area contributed by atoms with E-state index in [4.69, 9.17) is 42.8 Å². The Morgan fingerprint density at radius 3 is 2.47 bits per heavy atom. The van der Waals surface area contributed by atoms with Crippen molar-refractivity contribution in [1.82, 2.24) is 29.1 Å². The summed E-state index contributed by atoms with van der Waals surface area (Å²) < 4.78 is 107. The van der Waals surface area contributed by atoms with Gasteiger partial charge in [0.25, 0.3) is 5.56 Å². The first kappa shape index (κ1) is 41.8. The molecule has 3 saturated heterocycles. The number of aromatic amines is 1. The van der Waals surface area contributed by atoms with Crippen LogP contribution in [0.2, 0.25) is 0 Å². The lowest BCUT2D eigenvalue weighted by Crippen LogP contribution is -2.36. The van der Waals surface area contributed by atoms with Crippen LogP contribution in [-0.4, -0.2) is 97.0 Å². The molecule has 2 bridgehead atoms. The van der Waals surface area contributed by atoms with E-state index in [0.29, 0.717) is 27.3 Å². The molecule has 0 spiro atoms. The van der Waals surface area contributed by atoms with Gasteiger partial charge in [0.05, 0.1) is 26.7 Å². The molecule has 0 radical (unpaired) electrons. The number of nitrogens with two attached hydrogens (primary N) is 1. The van der Waals surface area contributed by atoms with E-state index < -0.39 is 94.3 Å². The lowest BCUT2D eigenvalue weighted by atomic mass is 10.1. The van der Waals surface area contributed by atoms with Crippen molar-refractivity contribution in [3.05, 3.63) is 105 Å². The van der Waals surface area contributed by atoms with Gasteiger partial charge in [0.1, 0.15) is 53.3 Å². The van der Waals surface area contributed by atoms with Crippen molar-refractivity contribution in [3.8, 4) is 11.5 Å². The minimum absolute atomic E-state index is 0.0174. The number of nitrogens with zero attached hydrogens (tertiary/aromatic N) is 5. The molecular weight excluding hydrogens is 862 g/mol. The first-order valence-corrected chi connectivity index (χ1v) is 22.4. The Bertz CT molecular complexity index is 2620. The van der Waals surface area contributed by atoms with Gasteiger partial charge in [0.15, 0.2) is 36.3 Å². The minimum Gasteiger partial charge on any atom is -0.496 e. The van der Waals surface area contributed by atoms with E-state index in [1.807, 2.05) is 4.98 Å². The normalized spacial score (nSPS) is 30.8. The number of nitrogens with one attached hydrogen (secondary N) is 1. The Hall–Kier alpha value is -4.87. The molecule has 8 rings (SSSR count). The zero-order chi connectivity index (χ0) is 42.3. The Labute approximate surface area is 339 Å². The van der Waals surface area contributed by atoms with Crippen molar-refractivity contribution in [1.29, 1.82) is 0 Å². The molecule has 10 atom stereocenters. The first-order chi connectivity index (χ1) is 28.7. The number of fused-ring (bicyclic) bond motifs is 4. The monoisotopic (exact) mass is 895 g/mol. The number of esters is 1. The Kier molecular flexibility index (Phi) is 11.8. The Morgan fingerprint density at radius 1 is 0.950 bits per heavy atom. The van der Waals surface area contributed by atoms with E-state index in [-0.39, 0.29) is 34.0 Å². The summed E-state index contributed by atoms with van der Waals surface area (Å²) in [6.07, 6.45) is -11.9. The number of imidazole rings is 1. The summed E-state index contributed by atoms with van der Waals surface area (Å²) in [5.41, 5.74) is 4.97. The van der Waals surface area contributed by atoms with Crippen molar-refractivity contribution in [2.24, 2.45) is 0 Å². The number of aromatic nitrogens is 6. The molecule has 0 aliphatic carbocycles. The third-order valence-electron chi connectivity index (χ3n) is 9.47. The molecule has 0 saturated carbocycles. The predicted molar refractivity (Wildman–Crippen MR) is 203 cm³/mol. The molecule has 26 heteroatoms. The molecular formula is C34H33F2N7O14P2S. The molecule has 4 N–H and O–H groups in total. The van der Waals surface area contributed by atoms with Gasteiger partial charge in [0, 0.05) is 18.0 Å². The molecule has 2 aromatic carbocycles. The number of methoxy groups -OCH3 is 1. The van der Waals surface area contributed by atoms with E-state index in [1.54, 1.807) is 30.3 Å². The van der Waals surface area contributed by atoms with Crippen molar-refractivity contribution in [3.63, 3.8) is 0 Å². The van der Waals surface area contributed by atoms with Crippen LogP contribution in [0.4, 0.5) is 14.6 Å². The molecule has 3 fully saturated rings. The summed E-state index contributed by atoms with van der Waals surface area (Å²) in [7, 11) is -3.86. The lowest BCUT2D eigenvalue weighted by Gasteiger charge is -2.27. The maximum atomic E-state index is 16.5. The third kappa shape index (κ3) is 8.53. The standard InChI is InChI=1S/C34H33F2N7O14P2S/c1-50-20-5-3-2-4-19(20)33(45)53-18-8-6-17(7-9-18)14-60-59(49)52-13-22-27(25(36)31(55-22)42-11-10-23(44)41-34(42)46)56-58(47,48)51-12-21-24(35)28(57-59)32(54-21)43-16-40-26-29(37)38-15-39-30(26)43/h2-11,15-16,21-22,24-25,27-28,31-32H,12-14H2,1H3,(H,47,48)(H2,37,38,39)(H,41,44,46)/t21-,22-,24-,25-,27-,28-,31-,32-,59+/m1/s1. The van der Waals surface area contributed by atoms with Gasteiger partial charge in [-0.1, -0.05) is 24.3 Å². The molecule has 21 nitrogen and oxygen atoms in total. The fourth-order valence-electron chi connectivity index (χ4n) is 6.57. The average molecular weight is 896 g/mol. The van der Waals surface area contributed by atoms with Crippen molar-refractivity contribution < 1.29 is 64.6 Å². The van der Waals surface area contributed by atoms with Crippen LogP contribution in [0.25, 0.3) is 11.2 Å². The highest BCUT2D eigenvalue weighted by Gasteiger charge is 2.55. The SMILES string of the molecule is COc1ccccc1C(=O)Oc1ccc(CS[P@@]2(=O)OC[C@H]3O[C@@H](n4ccc(=O)[nH]c4=O)[C@H](F)[C@@H]3OP(=O)(O)OC[C@H]3O[C@@H](n4cnc5c(N)ncnc54)[C@H](O2)[C@@H]3F)cc1. The molecule has 3 aliphatic heterocycles. The highest BCUT2D eigenvalue weighted by atomic mass is 32.7. The summed E-state index contributed by atoms with van der Waals surface area (Å²) in [4.78, 5) is 62.1. The van der Waals surface area contributed by atoms with Crippen LogP contribution in [0, 0.1) is 0 Å². The number of ether oxygens (including phenoxy) is 4. The summed E-state index contributed by atoms with van der Waals surface area (Å²) in [6.45, 7) is -6.51. The van der Waals surface area contributed by atoms with Crippen LogP contribution in [-0.2, 0) is 42.5 Å². The van der Waals surface area contributed by atoms with Gasteiger partial charge >= 0.3 is 26.3 Å². The van der Waals surface area contributed by atoms with Crippen LogP contribution in [0.15, 0.2) is 83.0 Å². The Morgan fingerprint density at radius 2 is 1.70 bits per heavy atom. The number of rotatable bonds is 8. The topological polar surface area (TPSA) is 270 Å². The number of para-hydroxylation sites is 1. The quantitative estimate of drug-likeness (QED) is 0.114. The van der Waals surface area contributed by atoms with Crippen molar-refractivity contribution in [2.75, 3.05) is 26.1 Å². The molecule has 3 aromatic heterocycles. The number of anilines is 1. The van der Waals surface area contributed by atoms with E-state index in [9.17, 15) is 28.4 Å².